The van der Waals surface area contributed by atoms with Crippen LogP contribution in [0.3, 0.4) is 0 Å². The van der Waals surface area contributed by atoms with E-state index in [1.165, 1.54) is 11.2 Å². The van der Waals surface area contributed by atoms with Gasteiger partial charge in [0, 0.05) is 21.1 Å². The van der Waals surface area contributed by atoms with Crippen molar-refractivity contribution in [1.29, 1.82) is 0 Å². The van der Waals surface area contributed by atoms with E-state index < -0.39 is 0 Å². The molecule has 4 rings (SSSR count). The highest BCUT2D eigenvalue weighted by Gasteiger charge is 2.34. The number of thiophene rings is 1. The van der Waals surface area contributed by atoms with Crippen LogP contribution in [0.15, 0.2) is 54.0 Å². The summed E-state index contributed by atoms with van der Waals surface area (Å²) in [5.41, 5.74) is 2.08. The van der Waals surface area contributed by atoms with E-state index in [0.29, 0.717) is 17.2 Å². The molecule has 0 spiro atoms. The Labute approximate surface area is 160 Å². The van der Waals surface area contributed by atoms with Gasteiger partial charge in [-0.2, -0.15) is 10.1 Å². The van der Waals surface area contributed by atoms with Gasteiger partial charge in [-0.1, -0.05) is 0 Å². The van der Waals surface area contributed by atoms with Crippen LogP contribution in [0, 0.1) is 6.92 Å². The zero-order valence-corrected chi connectivity index (χ0v) is 16.0. The van der Waals surface area contributed by atoms with Crippen molar-refractivity contribution in [2.75, 3.05) is 17.7 Å². The number of rotatable bonds is 4. The lowest BCUT2D eigenvalue weighted by Crippen LogP contribution is -2.31. The number of benzene rings is 1. The number of anilines is 2. The number of carbonyl (C=O) groups is 1. The van der Waals surface area contributed by atoms with E-state index in [0.717, 1.165) is 16.3 Å². The van der Waals surface area contributed by atoms with Gasteiger partial charge in [-0.05, 0) is 50.2 Å². The lowest BCUT2D eigenvalue weighted by Gasteiger charge is -2.27. The normalized spacial score (nSPS) is 15.9. The molecule has 2 N–H and O–H groups in total. The highest BCUT2D eigenvalue weighted by molar-refractivity contribution is 7.12. The number of nitrogens with one attached hydrogen (secondary N) is 2. The van der Waals surface area contributed by atoms with Gasteiger partial charge < -0.3 is 15.4 Å². The maximum atomic E-state index is 13.2. The molecule has 1 aliphatic rings. The van der Waals surface area contributed by atoms with Crippen LogP contribution in [0.5, 0.6) is 5.75 Å². The van der Waals surface area contributed by atoms with Gasteiger partial charge in [-0.3, -0.25) is 4.79 Å². The number of fused-ring (bicyclic) bond motifs is 1. The zero-order chi connectivity index (χ0) is 19.0. The van der Waals surface area contributed by atoms with Crippen molar-refractivity contribution in [2.45, 2.75) is 19.9 Å². The van der Waals surface area contributed by atoms with Crippen LogP contribution in [-0.4, -0.2) is 27.8 Å². The standard InChI is InChI=1S/C19H19N5O2S/c1-11-4-9-15(27-11)17-16(12(2)22-19-20-10-21-24(17)19)18(25)23-13-5-7-14(26-3)8-6-13/h4-10,17H,1-3H3,(H,23,25)(H,20,21,22). The first-order valence-corrected chi connectivity index (χ1v) is 9.27. The minimum absolute atomic E-state index is 0.178. The van der Waals surface area contributed by atoms with Crippen LogP contribution >= 0.6 is 11.3 Å². The van der Waals surface area contributed by atoms with Gasteiger partial charge in [-0.25, -0.2) is 4.68 Å². The van der Waals surface area contributed by atoms with Gasteiger partial charge in [0.15, 0.2) is 0 Å². The van der Waals surface area contributed by atoms with Crippen molar-refractivity contribution in [2.24, 2.45) is 0 Å². The third-order valence-corrected chi connectivity index (χ3v) is 5.47. The van der Waals surface area contributed by atoms with Crippen LogP contribution < -0.4 is 15.4 Å². The van der Waals surface area contributed by atoms with Crippen LogP contribution in [0.2, 0.25) is 0 Å². The molecule has 1 unspecified atom stereocenters. The number of hydrogen-bond acceptors (Lipinski definition) is 6. The van der Waals surface area contributed by atoms with Crippen LogP contribution in [0.1, 0.15) is 22.7 Å². The number of aromatic nitrogens is 3. The van der Waals surface area contributed by atoms with Gasteiger partial charge in [0.05, 0.1) is 12.7 Å². The molecule has 3 heterocycles. The number of amides is 1. The van der Waals surface area contributed by atoms with Crippen LogP contribution in [-0.2, 0) is 4.79 Å². The first-order valence-electron chi connectivity index (χ1n) is 8.46. The Morgan fingerprint density at radius 2 is 2.00 bits per heavy atom. The Kier molecular flexibility index (Phi) is 4.41. The number of carbonyl (C=O) groups excluding carboxylic acids is 1. The molecule has 3 aromatic rings. The average Bonchev–Trinajstić information content (AvgIpc) is 3.29. The number of ether oxygens (including phenoxy) is 1. The molecule has 0 saturated carbocycles. The minimum atomic E-state index is -0.319. The summed E-state index contributed by atoms with van der Waals surface area (Å²) in [4.78, 5) is 19.6. The highest BCUT2D eigenvalue weighted by Crippen LogP contribution is 2.38. The maximum absolute atomic E-state index is 13.2. The SMILES string of the molecule is COc1ccc(NC(=O)C2=C(C)Nc3ncnn3C2c2ccc(C)s2)cc1. The fourth-order valence-corrected chi connectivity index (χ4v) is 4.09. The Morgan fingerprint density at radius 3 is 2.67 bits per heavy atom. The maximum Gasteiger partial charge on any atom is 0.255 e. The smallest absolute Gasteiger partial charge is 0.255 e. The molecule has 7 nitrogen and oxygen atoms in total. The second-order valence-electron chi connectivity index (χ2n) is 6.23. The van der Waals surface area contributed by atoms with Gasteiger partial charge in [-0.15, -0.1) is 11.3 Å². The summed E-state index contributed by atoms with van der Waals surface area (Å²) in [6.45, 7) is 3.93. The molecule has 0 radical (unpaired) electrons. The summed E-state index contributed by atoms with van der Waals surface area (Å²) in [6, 6.07) is 11.0. The summed E-state index contributed by atoms with van der Waals surface area (Å²) in [5.74, 6) is 1.19. The molecule has 0 bridgehead atoms. The molecule has 0 saturated heterocycles. The third kappa shape index (κ3) is 3.19. The lowest BCUT2D eigenvalue weighted by atomic mass is 10.0. The number of hydrogen-bond donors (Lipinski definition) is 2. The number of methoxy groups -OCH3 is 1. The molecule has 27 heavy (non-hydrogen) atoms. The van der Waals surface area contributed by atoms with E-state index in [1.54, 1.807) is 23.1 Å². The van der Waals surface area contributed by atoms with Crippen molar-refractivity contribution < 1.29 is 9.53 Å². The van der Waals surface area contributed by atoms with E-state index >= 15 is 0 Å². The summed E-state index contributed by atoms with van der Waals surface area (Å²) < 4.78 is 6.92. The number of nitrogens with zero attached hydrogens (tertiary/aromatic N) is 3. The lowest BCUT2D eigenvalue weighted by molar-refractivity contribution is -0.113. The van der Waals surface area contributed by atoms with E-state index in [4.69, 9.17) is 4.74 Å². The number of allylic oxidation sites excluding steroid dienone is 1. The molecule has 1 aliphatic heterocycles. The molecule has 1 atom stereocenters. The van der Waals surface area contributed by atoms with E-state index in [-0.39, 0.29) is 11.9 Å². The Bertz CT molecular complexity index is 1020. The monoisotopic (exact) mass is 381 g/mol. The molecule has 8 heteroatoms. The average molecular weight is 381 g/mol. The van der Waals surface area contributed by atoms with Gasteiger partial charge in [0.25, 0.3) is 5.91 Å². The fourth-order valence-electron chi connectivity index (χ4n) is 3.12. The summed E-state index contributed by atoms with van der Waals surface area (Å²) in [6.07, 6.45) is 1.49. The predicted molar refractivity (Wildman–Crippen MR) is 105 cm³/mol. The first kappa shape index (κ1) is 17.3. The third-order valence-electron chi connectivity index (χ3n) is 4.42. The highest BCUT2D eigenvalue weighted by atomic mass is 32.1. The molecule has 1 amide bonds. The molecule has 0 fully saturated rings. The zero-order valence-electron chi connectivity index (χ0n) is 15.2. The van der Waals surface area contributed by atoms with E-state index in [9.17, 15) is 4.79 Å². The molecule has 1 aromatic carbocycles. The Balaban J connectivity index is 1.70. The largest absolute Gasteiger partial charge is 0.497 e. The van der Waals surface area contributed by atoms with Crippen molar-refractivity contribution >= 4 is 28.9 Å². The van der Waals surface area contributed by atoms with Crippen LogP contribution in [0.4, 0.5) is 11.6 Å². The summed E-state index contributed by atoms with van der Waals surface area (Å²) in [5, 5.41) is 10.5. The topological polar surface area (TPSA) is 81.1 Å². The van der Waals surface area contributed by atoms with Gasteiger partial charge >= 0.3 is 0 Å². The predicted octanol–water partition coefficient (Wildman–Crippen LogP) is 3.58. The van der Waals surface area contributed by atoms with Gasteiger partial charge in [0.1, 0.15) is 18.1 Å². The summed E-state index contributed by atoms with van der Waals surface area (Å²) in [7, 11) is 1.61. The van der Waals surface area contributed by atoms with Crippen molar-refractivity contribution in [1.82, 2.24) is 14.8 Å². The van der Waals surface area contributed by atoms with E-state index in [1.807, 2.05) is 50.2 Å². The fraction of sp³-hybridized carbons (Fsp3) is 0.211. The first-order chi connectivity index (χ1) is 13.1. The molecule has 0 aliphatic carbocycles. The molecular weight excluding hydrogens is 362 g/mol. The van der Waals surface area contributed by atoms with Gasteiger partial charge in [0.2, 0.25) is 5.95 Å². The second-order valence-corrected chi connectivity index (χ2v) is 7.54. The van der Waals surface area contributed by atoms with Crippen molar-refractivity contribution in [3.63, 3.8) is 0 Å². The van der Waals surface area contributed by atoms with E-state index in [2.05, 4.69) is 20.7 Å². The Morgan fingerprint density at radius 1 is 1.22 bits per heavy atom. The summed E-state index contributed by atoms with van der Waals surface area (Å²) >= 11 is 1.65. The van der Waals surface area contributed by atoms with Crippen molar-refractivity contribution in [3.8, 4) is 5.75 Å². The molecular formula is C19H19N5O2S. The van der Waals surface area contributed by atoms with Crippen LogP contribution in [0.25, 0.3) is 0 Å². The molecule has 138 valence electrons. The minimum Gasteiger partial charge on any atom is -0.497 e. The molecule has 2 aromatic heterocycles. The Hall–Kier alpha value is -3.13. The second kappa shape index (κ2) is 6.88. The quantitative estimate of drug-likeness (QED) is 0.722. The van der Waals surface area contributed by atoms with Crippen molar-refractivity contribution in [3.05, 3.63) is 63.7 Å². The number of aryl methyl sites for hydroxylation is 1.